The summed E-state index contributed by atoms with van der Waals surface area (Å²) in [6, 6.07) is 0. The Balaban J connectivity index is 2.85. The number of thiazole rings is 1. The molecule has 0 bridgehead atoms. The quantitative estimate of drug-likeness (QED) is 0.500. The Morgan fingerprint density at radius 3 is 2.73 bits per heavy atom. The highest BCUT2D eigenvalue weighted by atomic mass is 32.1. The van der Waals surface area contributed by atoms with Gasteiger partial charge in [0.05, 0.1) is 21.8 Å². The van der Waals surface area contributed by atoms with Gasteiger partial charge in [-0.3, -0.25) is 0 Å². The van der Waals surface area contributed by atoms with E-state index in [0.717, 1.165) is 15.6 Å². The zero-order valence-corrected chi connectivity index (χ0v) is 7.60. The minimum Gasteiger partial charge on any atom is -0.399 e. The molecule has 0 fully saturated rings. The molecule has 0 N–H and O–H groups in total. The molecule has 0 atom stereocenters. The Kier molecular flexibility index (Phi) is 2.59. The molecule has 60 valence electrons. The fourth-order valence-corrected chi connectivity index (χ4v) is 1.56. The first kappa shape index (κ1) is 8.20. The van der Waals surface area contributed by atoms with Crippen molar-refractivity contribution in [2.75, 3.05) is 7.11 Å². The normalized spacial score (nSPS) is 10.8. The molecule has 0 aliphatic rings. The van der Waals surface area contributed by atoms with Gasteiger partial charge in [0.1, 0.15) is 7.11 Å². The molecule has 1 rings (SSSR count). The van der Waals surface area contributed by atoms with Crippen molar-refractivity contribution in [1.29, 1.82) is 0 Å². The summed E-state index contributed by atoms with van der Waals surface area (Å²) in [5, 5.41) is 4.72. The van der Waals surface area contributed by atoms with Crippen molar-refractivity contribution in [1.82, 2.24) is 4.98 Å². The summed E-state index contributed by atoms with van der Waals surface area (Å²) >= 11 is 1.61. The third-order valence-electron chi connectivity index (χ3n) is 1.21. The lowest BCUT2D eigenvalue weighted by Gasteiger charge is -1.85. The van der Waals surface area contributed by atoms with Gasteiger partial charge in [-0.2, -0.15) is 0 Å². The summed E-state index contributed by atoms with van der Waals surface area (Å²) < 4.78 is 0. The molecule has 0 unspecified atom stereocenters. The zero-order chi connectivity index (χ0) is 8.27. The second kappa shape index (κ2) is 3.48. The van der Waals surface area contributed by atoms with E-state index in [2.05, 4.69) is 15.0 Å². The maximum atomic E-state index is 4.56. The molecule has 0 aliphatic carbocycles. The van der Waals surface area contributed by atoms with E-state index >= 15 is 0 Å². The van der Waals surface area contributed by atoms with E-state index < -0.39 is 0 Å². The summed E-state index contributed by atoms with van der Waals surface area (Å²) in [7, 11) is 1.53. The van der Waals surface area contributed by atoms with Gasteiger partial charge < -0.3 is 4.84 Å². The molecular formula is C7H10N2OS. The van der Waals surface area contributed by atoms with Crippen molar-refractivity contribution in [3.63, 3.8) is 0 Å². The zero-order valence-electron chi connectivity index (χ0n) is 6.79. The molecule has 11 heavy (non-hydrogen) atoms. The van der Waals surface area contributed by atoms with Gasteiger partial charge in [0.2, 0.25) is 0 Å². The van der Waals surface area contributed by atoms with Gasteiger partial charge in [0, 0.05) is 0 Å². The van der Waals surface area contributed by atoms with Gasteiger partial charge in [0.25, 0.3) is 0 Å². The molecule has 4 heteroatoms. The van der Waals surface area contributed by atoms with Crippen LogP contribution in [0.25, 0.3) is 0 Å². The van der Waals surface area contributed by atoms with Crippen LogP contribution in [0.15, 0.2) is 5.16 Å². The number of nitrogens with zero attached hydrogens (tertiary/aromatic N) is 2. The van der Waals surface area contributed by atoms with Crippen molar-refractivity contribution < 1.29 is 4.84 Å². The molecule has 0 spiro atoms. The van der Waals surface area contributed by atoms with E-state index in [4.69, 9.17) is 0 Å². The average molecular weight is 170 g/mol. The lowest BCUT2D eigenvalue weighted by molar-refractivity contribution is 0.215. The van der Waals surface area contributed by atoms with Crippen LogP contribution in [0.3, 0.4) is 0 Å². The van der Waals surface area contributed by atoms with E-state index in [1.165, 1.54) is 7.11 Å². The summed E-state index contributed by atoms with van der Waals surface area (Å²) in [5.74, 6) is 0. The average Bonchev–Trinajstić information content (AvgIpc) is 2.26. The first-order valence-corrected chi connectivity index (χ1v) is 4.06. The second-order valence-electron chi connectivity index (χ2n) is 2.10. The molecule has 0 amide bonds. The van der Waals surface area contributed by atoms with Crippen LogP contribution in [-0.4, -0.2) is 18.3 Å². The van der Waals surface area contributed by atoms with Crippen LogP contribution in [0.4, 0.5) is 0 Å². The minimum atomic E-state index is 1.01. The highest BCUT2D eigenvalue weighted by Gasteiger charge is 2.00. The highest BCUT2D eigenvalue weighted by Crippen LogP contribution is 2.14. The van der Waals surface area contributed by atoms with Gasteiger partial charge in [-0.1, -0.05) is 5.16 Å². The van der Waals surface area contributed by atoms with Gasteiger partial charge >= 0.3 is 0 Å². The number of hydrogen-bond acceptors (Lipinski definition) is 4. The summed E-state index contributed by atoms with van der Waals surface area (Å²) in [5.41, 5.74) is 1.01. The predicted octanol–water partition coefficient (Wildman–Crippen LogP) is 1.74. The molecule has 0 saturated heterocycles. The van der Waals surface area contributed by atoms with Crippen molar-refractivity contribution >= 4 is 17.6 Å². The fraction of sp³-hybridized carbons (Fsp3) is 0.429. The maximum Gasteiger partial charge on any atom is 0.106 e. The molecule has 3 nitrogen and oxygen atoms in total. The molecule has 1 aromatic heterocycles. The Hall–Kier alpha value is -0.900. The van der Waals surface area contributed by atoms with Crippen LogP contribution in [0.5, 0.6) is 0 Å². The molecule has 0 aromatic carbocycles. The van der Waals surface area contributed by atoms with E-state index in [1.54, 1.807) is 17.6 Å². The second-order valence-corrected chi connectivity index (χ2v) is 3.33. The molecule has 0 saturated carbocycles. The van der Waals surface area contributed by atoms with Crippen molar-refractivity contribution in [3.05, 3.63) is 15.6 Å². The first-order valence-electron chi connectivity index (χ1n) is 3.24. The highest BCUT2D eigenvalue weighted by molar-refractivity contribution is 7.13. The maximum absolute atomic E-state index is 4.56. The largest absolute Gasteiger partial charge is 0.399 e. The lowest BCUT2D eigenvalue weighted by atomic mass is 10.4. The van der Waals surface area contributed by atoms with Crippen LogP contribution < -0.4 is 0 Å². The smallest absolute Gasteiger partial charge is 0.106 e. The standard InChI is InChI=1S/C7H10N2OS/c1-5-7(4-8-10-3)11-6(2)9-5/h4H,1-3H3/b8-4+. The van der Waals surface area contributed by atoms with Crippen molar-refractivity contribution in [2.45, 2.75) is 13.8 Å². The third kappa shape index (κ3) is 2.01. The van der Waals surface area contributed by atoms with E-state index in [-0.39, 0.29) is 0 Å². The first-order chi connectivity index (χ1) is 5.24. The van der Waals surface area contributed by atoms with E-state index in [1.807, 2.05) is 13.8 Å². The van der Waals surface area contributed by atoms with E-state index in [0.29, 0.717) is 0 Å². The van der Waals surface area contributed by atoms with Gasteiger partial charge in [0.15, 0.2) is 0 Å². The Morgan fingerprint density at radius 2 is 2.27 bits per heavy atom. The number of hydrogen-bond donors (Lipinski definition) is 0. The van der Waals surface area contributed by atoms with Gasteiger partial charge in [-0.05, 0) is 13.8 Å². The van der Waals surface area contributed by atoms with Crippen LogP contribution in [0.1, 0.15) is 15.6 Å². The lowest BCUT2D eigenvalue weighted by Crippen LogP contribution is -1.80. The van der Waals surface area contributed by atoms with Crippen LogP contribution in [0.2, 0.25) is 0 Å². The van der Waals surface area contributed by atoms with Crippen molar-refractivity contribution in [2.24, 2.45) is 5.16 Å². The molecule has 1 heterocycles. The number of oxime groups is 1. The molecular weight excluding hydrogens is 160 g/mol. The van der Waals surface area contributed by atoms with Crippen LogP contribution in [0, 0.1) is 13.8 Å². The van der Waals surface area contributed by atoms with Gasteiger partial charge in [-0.25, -0.2) is 4.98 Å². The summed E-state index contributed by atoms with van der Waals surface area (Å²) in [6.45, 7) is 3.93. The topological polar surface area (TPSA) is 34.5 Å². The molecule has 1 aromatic rings. The fourth-order valence-electron chi connectivity index (χ4n) is 0.767. The number of rotatable bonds is 2. The number of aryl methyl sites for hydroxylation is 2. The van der Waals surface area contributed by atoms with Crippen molar-refractivity contribution in [3.8, 4) is 0 Å². The molecule has 0 radical (unpaired) electrons. The minimum absolute atomic E-state index is 1.01. The predicted molar refractivity (Wildman–Crippen MR) is 46.2 cm³/mol. The monoisotopic (exact) mass is 170 g/mol. The summed E-state index contributed by atoms with van der Waals surface area (Å²) in [6.07, 6.45) is 1.68. The molecule has 0 aliphatic heterocycles. The van der Waals surface area contributed by atoms with Crippen LogP contribution in [-0.2, 0) is 4.84 Å². The van der Waals surface area contributed by atoms with Crippen LogP contribution >= 0.6 is 11.3 Å². The Morgan fingerprint density at radius 1 is 1.55 bits per heavy atom. The van der Waals surface area contributed by atoms with E-state index in [9.17, 15) is 0 Å². The third-order valence-corrected chi connectivity index (χ3v) is 2.22. The Bertz CT molecular complexity index is 267. The Labute approximate surface area is 69.7 Å². The van der Waals surface area contributed by atoms with Gasteiger partial charge in [-0.15, -0.1) is 11.3 Å². The summed E-state index contributed by atoms with van der Waals surface area (Å²) in [4.78, 5) is 9.85. The number of aromatic nitrogens is 1. The SMILES string of the molecule is CO/N=C/c1sc(C)nc1C.